The summed E-state index contributed by atoms with van der Waals surface area (Å²) in [6, 6.07) is 1.25. The average molecular weight is 353 g/mol. The second kappa shape index (κ2) is 12.4. The van der Waals surface area contributed by atoms with Crippen molar-refractivity contribution in [2.45, 2.75) is 39.8 Å². The van der Waals surface area contributed by atoms with Crippen LogP contribution < -0.4 is 0 Å². The maximum atomic E-state index is 5.73. The van der Waals surface area contributed by atoms with Crippen molar-refractivity contribution < 1.29 is 26.6 Å². The Balaban J connectivity index is 4.71. The molecule has 0 bridgehead atoms. The third-order valence-corrected chi connectivity index (χ3v) is 8.61. The van der Waals surface area contributed by atoms with E-state index in [9.17, 15) is 0 Å². The van der Waals surface area contributed by atoms with Crippen molar-refractivity contribution >= 4 is 17.6 Å². The standard InChI is InChI=1S/C14H32O6Si2/c1-7-17-21(15-5,18-8-2)13-11-12-14-22(16-6,19-9-3)20-10-4/h11-12H,7-10,13-14H2,1-6H3. The van der Waals surface area contributed by atoms with Crippen LogP contribution in [0.1, 0.15) is 27.7 Å². The van der Waals surface area contributed by atoms with Crippen molar-refractivity contribution in [1.82, 2.24) is 0 Å². The van der Waals surface area contributed by atoms with Gasteiger partial charge in [-0.25, -0.2) is 0 Å². The predicted octanol–water partition coefficient (Wildman–Crippen LogP) is 2.86. The number of hydrogen-bond acceptors (Lipinski definition) is 6. The molecule has 0 heterocycles. The van der Waals surface area contributed by atoms with E-state index in [0.717, 1.165) is 0 Å². The Morgan fingerprint density at radius 3 is 1.05 bits per heavy atom. The molecule has 0 N–H and O–H groups in total. The molecule has 0 saturated carbocycles. The van der Waals surface area contributed by atoms with Gasteiger partial charge in [0.05, 0.1) is 0 Å². The van der Waals surface area contributed by atoms with Gasteiger partial charge in [0.25, 0.3) is 0 Å². The largest absolute Gasteiger partial charge is 0.504 e. The number of rotatable bonds is 14. The Labute approximate surface area is 137 Å². The van der Waals surface area contributed by atoms with Crippen LogP contribution in [0, 0.1) is 0 Å². The lowest BCUT2D eigenvalue weighted by molar-refractivity contribution is 0.0880. The van der Waals surface area contributed by atoms with E-state index in [-0.39, 0.29) is 0 Å². The van der Waals surface area contributed by atoms with E-state index in [2.05, 4.69) is 0 Å². The van der Waals surface area contributed by atoms with Crippen LogP contribution in [-0.4, -0.2) is 58.3 Å². The summed E-state index contributed by atoms with van der Waals surface area (Å²) < 4.78 is 34.0. The quantitative estimate of drug-likeness (QED) is 0.354. The molecule has 0 atom stereocenters. The van der Waals surface area contributed by atoms with Crippen molar-refractivity contribution in [3.8, 4) is 0 Å². The fraction of sp³-hybridized carbons (Fsp3) is 0.857. The molecule has 0 rings (SSSR count). The molecular formula is C14H32O6Si2. The summed E-state index contributed by atoms with van der Waals surface area (Å²) in [7, 11) is -1.94. The molecule has 22 heavy (non-hydrogen) atoms. The maximum Gasteiger partial charge on any atom is 0.504 e. The van der Waals surface area contributed by atoms with Crippen LogP contribution >= 0.6 is 0 Å². The van der Waals surface area contributed by atoms with Gasteiger partial charge in [-0.3, -0.25) is 0 Å². The molecule has 0 aromatic carbocycles. The Morgan fingerprint density at radius 2 is 0.864 bits per heavy atom. The second-order valence-corrected chi connectivity index (χ2v) is 9.91. The van der Waals surface area contributed by atoms with Gasteiger partial charge in [-0.05, 0) is 27.7 Å². The molecule has 0 fully saturated rings. The van der Waals surface area contributed by atoms with E-state index in [0.29, 0.717) is 38.5 Å². The molecule has 0 aliphatic rings. The summed E-state index contributed by atoms with van der Waals surface area (Å²) >= 11 is 0. The fourth-order valence-corrected chi connectivity index (χ4v) is 6.17. The summed E-state index contributed by atoms with van der Waals surface area (Å²) in [5.41, 5.74) is 0. The normalized spacial score (nSPS) is 13.2. The van der Waals surface area contributed by atoms with E-state index in [1.165, 1.54) is 0 Å². The summed E-state index contributed by atoms with van der Waals surface area (Å²) in [4.78, 5) is 0. The zero-order valence-electron chi connectivity index (χ0n) is 14.8. The SMILES string of the molecule is CCO[Si](CC=CC[Si](OC)(OCC)OCC)(OC)OCC. The van der Waals surface area contributed by atoms with Gasteiger partial charge >= 0.3 is 17.6 Å². The maximum absolute atomic E-state index is 5.73. The van der Waals surface area contributed by atoms with Gasteiger partial charge in [-0.1, -0.05) is 12.2 Å². The van der Waals surface area contributed by atoms with Gasteiger partial charge in [-0.15, -0.1) is 0 Å². The van der Waals surface area contributed by atoms with Crippen LogP contribution in [0.15, 0.2) is 12.2 Å². The minimum Gasteiger partial charge on any atom is -0.377 e. The number of allylic oxidation sites excluding steroid dienone is 2. The highest BCUT2D eigenvalue weighted by molar-refractivity contribution is 6.62. The van der Waals surface area contributed by atoms with Crippen LogP contribution in [0.3, 0.4) is 0 Å². The first-order valence-electron chi connectivity index (χ1n) is 7.88. The summed E-state index contributed by atoms with van der Waals surface area (Å²) in [5, 5.41) is 0. The van der Waals surface area contributed by atoms with E-state index in [1.54, 1.807) is 14.2 Å². The Morgan fingerprint density at radius 1 is 0.591 bits per heavy atom. The summed E-state index contributed by atoms with van der Waals surface area (Å²) in [5.74, 6) is 0. The van der Waals surface area contributed by atoms with Crippen LogP contribution in [0.25, 0.3) is 0 Å². The molecule has 0 saturated heterocycles. The van der Waals surface area contributed by atoms with Crippen molar-refractivity contribution in [2.24, 2.45) is 0 Å². The lowest BCUT2D eigenvalue weighted by atomic mass is 10.6. The molecule has 0 radical (unpaired) electrons. The minimum atomic E-state index is -2.61. The Kier molecular flexibility index (Phi) is 12.3. The molecule has 0 unspecified atom stereocenters. The van der Waals surface area contributed by atoms with Crippen molar-refractivity contribution in [2.75, 3.05) is 40.6 Å². The third-order valence-electron chi connectivity index (χ3n) is 2.98. The van der Waals surface area contributed by atoms with Crippen LogP contribution in [-0.2, 0) is 26.6 Å². The van der Waals surface area contributed by atoms with Crippen LogP contribution in [0.2, 0.25) is 12.1 Å². The predicted molar refractivity (Wildman–Crippen MR) is 90.8 cm³/mol. The lowest BCUT2D eigenvalue weighted by Crippen LogP contribution is -2.45. The minimum absolute atomic E-state index is 0.572. The van der Waals surface area contributed by atoms with E-state index in [4.69, 9.17) is 26.6 Å². The van der Waals surface area contributed by atoms with Crippen molar-refractivity contribution in [1.29, 1.82) is 0 Å². The highest BCUT2D eigenvalue weighted by Crippen LogP contribution is 2.19. The molecule has 0 aliphatic carbocycles. The molecule has 0 amide bonds. The summed E-state index contributed by atoms with van der Waals surface area (Å²) in [6.07, 6.45) is 4.03. The molecule has 132 valence electrons. The van der Waals surface area contributed by atoms with E-state index in [1.807, 2.05) is 39.8 Å². The Bertz CT molecular complexity index is 261. The van der Waals surface area contributed by atoms with E-state index < -0.39 is 17.6 Å². The van der Waals surface area contributed by atoms with Crippen LogP contribution in [0.5, 0.6) is 0 Å². The summed E-state index contributed by atoms with van der Waals surface area (Å²) in [6.45, 7) is 10.1. The fourth-order valence-electron chi connectivity index (χ4n) is 2.06. The monoisotopic (exact) mass is 352 g/mol. The van der Waals surface area contributed by atoms with Crippen molar-refractivity contribution in [3.05, 3.63) is 12.2 Å². The van der Waals surface area contributed by atoms with Gasteiger partial charge in [0.15, 0.2) is 0 Å². The molecule has 0 spiro atoms. The average Bonchev–Trinajstić information content (AvgIpc) is 2.52. The zero-order chi connectivity index (χ0) is 16.9. The highest BCUT2D eigenvalue weighted by Gasteiger charge is 2.40. The lowest BCUT2D eigenvalue weighted by Gasteiger charge is -2.27. The molecule has 0 aromatic heterocycles. The van der Waals surface area contributed by atoms with Gasteiger partial charge in [0.1, 0.15) is 0 Å². The third kappa shape index (κ3) is 7.47. The molecule has 0 aromatic rings. The number of hydrogen-bond donors (Lipinski definition) is 0. The smallest absolute Gasteiger partial charge is 0.377 e. The molecular weight excluding hydrogens is 320 g/mol. The highest BCUT2D eigenvalue weighted by atomic mass is 28.4. The van der Waals surface area contributed by atoms with Gasteiger partial charge < -0.3 is 26.6 Å². The first kappa shape index (κ1) is 21.9. The molecule has 0 aliphatic heterocycles. The molecule has 6 nitrogen and oxygen atoms in total. The van der Waals surface area contributed by atoms with Gasteiger partial charge in [0, 0.05) is 52.7 Å². The zero-order valence-corrected chi connectivity index (χ0v) is 16.8. The molecule has 8 heteroatoms. The van der Waals surface area contributed by atoms with E-state index >= 15 is 0 Å². The second-order valence-electron chi connectivity index (χ2n) is 4.39. The topological polar surface area (TPSA) is 55.4 Å². The first-order chi connectivity index (χ1) is 10.6. The van der Waals surface area contributed by atoms with Crippen molar-refractivity contribution in [3.63, 3.8) is 0 Å². The van der Waals surface area contributed by atoms with Gasteiger partial charge in [-0.2, -0.15) is 0 Å². The van der Waals surface area contributed by atoms with Gasteiger partial charge in [0.2, 0.25) is 0 Å². The van der Waals surface area contributed by atoms with Crippen LogP contribution in [0.4, 0.5) is 0 Å². The first-order valence-corrected chi connectivity index (χ1v) is 11.7. The Hall–Kier alpha value is -0.0662.